The van der Waals surface area contributed by atoms with E-state index in [-0.39, 0.29) is 11.9 Å². The number of amides is 1. The van der Waals surface area contributed by atoms with Gasteiger partial charge in [-0.1, -0.05) is 46.3 Å². The van der Waals surface area contributed by atoms with Crippen LogP contribution in [0.3, 0.4) is 0 Å². The molecule has 0 fully saturated rings. The summed E-state index contributed by atoms with van der Waals surface area (Å²) in [6.07, 6.45) is 2.07. The van der Waals surface area contributed by atoms with Gasteiger partial charge in [-0.25, -0.2) is 0 Å². The lowest BCUT2D eigenvalue weighted by Gasteiger charge is -2.16. The van der Waals surface area contributed by atoms with Crippen molar-refractivity contribution >= 4 is 33.6 Å². The Morgan fingerprint density at radius 2 is 1.86 bits per heavy atom. The first-order valence-corrected chi connectivity index (χ1v) is 8.93. The number of nitrogens with one attached hydrogen (secondary N) is 1. The maximum Gasteiger partial charge on any atom is 0.251 e. The average Bonchev–Trinajstić information content (AvgIpc) is 2.48. The molecule has 21 heavy (non-hydrogen) atoms. The Hall–Kier alpha value is -1.26. The Kier molecular flexibility index (Phi) is 5.88. The van der Waals surface area contributed by atoms with E-state index in [0.29, 0.717) is 5.56 Å². The molecular formula is C17H18BrNOS. The Morgan fingerprint density at radius 1 is 1.19 bits per heavy atom. The maximum absolute atomic E-state index is 12.3. The van der Waals surface area contributed by atoms with E-state index in [1.807, 2.05) is 55.5 Å². The van der Waals surface area contributed by atoms with Gasteiger partial charge < -0.3 is 5.32 Å². The molecule has 0 heterocycles. The van der Waals surface area contributed by atoms with E-state index in [1.165, 1.54) is 5.56 Å². The number of thioether (sulfide) groups is 1. The molecule has 2 nitrogen and oxygen atoms in total. The minimum atomic E-state index is -0.0473. The molecule has 0 spiro atoms. The second-order valence-corrected chi connectivity index (χ2v) is 6.57. The van der Waals surface area contributed by atoms with Gasteiger partial charge in [0.05, 0.1) is 6.04 Å². The van der Waals surface area contributed by atoms with Gasteiger partial charge in [0.25, 0.3) is 5.91 Å². The topological polar surface area (TPSA) is 29.1 Å². The highest BCUT2D eigenvalue weighted by Crippen LogP contribution is 2.23. The van der Waals surface area contributed by atoms with Crippen LogP contribution in [0.1, 0.15) is 34.5 Å². The van der Waals surface area contributed by atoms with E-state index in [9.17, 15) is 4.79 Å². The molecular weight excluding hydrogens is 346 g/mol. The fourth-order valence-corrected chi connectivity index (χ4v) is 3.26. The summed E-state index contributed by atoms with van der Waals surface area (Å²) in [7, 11) is 0. The summed E-state index contributed by atoms with van der Waals surface area (Å²) in [6.45, 7) is 1.99. The predicted molar refractivity (Wildman–Crippen MR) is 93.7 cm³/mol. The third kappa shape index (κ3) is 4.35. The number of hydrogen-bond donors (Lipinski definition) is 1. The number of carbonyl (C=O) groups is 1. The van der Waals surface area contributed by atoms with Crippen molar-refractivity contribution in [1.29, 1.82) is 0 Å². The minimum absolute atomic E-state index is 0.0426. The lowest BCUT2D eigenvalue weighted by molar-refractivity contribution is 0.0940. The van der Waals surface area contributed by atoms with E-state index >= 15 is 0 Å². The largest absolute Gasteiger partial charge is 0.345 e. The average molecular weight is 364 g/mol. The first-order chi connectivity index (χ1) is 10.1. The van der Waals surface area contributed by atoms with Crippen LogP contribution in [0, 0.1) is 0 Å². The van der Waals surface area contributed by atoms with Gasteiger partial charge in [0.15, 0.2) is 0 Å². The zero-order chi connectivity index (χ0) is 15.2. The minimum Gasteiger partial charge on any atom is -0.345 e. The smallest absolute Gasteiger partial charge is 0.251 e. The number of hydrogen-bond acceptors (Lipinski definition) is 2. The number of rotatable bonds is 5. The van der Waals surface area contributed by atoms with Gasteiger partial charge in [-0.15, -0.1) is 0 Å². The van der Waals surface area contributed by atoms with Crippen LogP contribution in [0.5, 0.6) is 0 Å². The summed E-state index contributed by atoms with van der Waals surface area (Å²) in [6, 6.07) is 15.7. The van der Waals surface area contributed by atoms with Crippen molar-refractivity contribution in [2.24, 2.45) is 0 Å². The summed E-state index contributed by atoms with van der Waals surface area (Å²) >= 11 is 5.29. The molecule has 0 aliphatic rings. The molecule has 1 amide bonds. The molecule has 4 heteroatoms. The quantitative estimate of drug-likeness (QED) is 0.826. The molecule has 0 saturated heterocycles. The van der Waals surface area contributed by atoms with Gasteiger partial charge in [-0.3, -0.25) is 4.79 Å². The molecule has 0 radical (unpaired) electrons. The first kappa shape index (κ1) is 16.1. The lowest BCUT2D eigenvalue weighted by atomic mass is 10.1. The molecule has 0 aromatic heterocycles. The van der Waals surface area contributed by atoms with Gasteiger partial charge in [0.1, 0.15) is 0 Å². The molecule has 110 valence electrons. The summed E-state index contributed by atoms with van der Waals surface area (Å²) in [5.41, 5.74) is 3.00. The van der Waals surface area contributed by atoms with Crippen LogP contribution in [0.25, 0.3) is 0 Å². The molecule has 2 aromatic rings. The maximum atomic E-state index is 12.3. The van der Waals surface area contributed by atoms with Gasteiger partial charge in [0.2, 0.25) is 0 Å². The molecule has 0 aliphatic heterocycles. The fourth-order valence-electron chi connectivity index (χ4n) is 2.10. The second-order valence-electron chi connectivity index (χ2n) is 4.85. The number of carbonyl (C=O) groups excluding carboxylic acids is 1. The summed E-state index contributed by atoms with van der Waals surface area (Å²) in [5.74, 6) is 0.920. The summed E-state index contributed by atoms with van der Waals surface area (Å²) in [4.78, 5) is 12.3. The van der Waals surface area contributed by atoms with E-state index in [1.54, 1.807) is 11.8 Å². The van der Waals surface area contributed by atoms with Crippen molar-refractivity contribution in [2.75, 3.05) is 6.26 Å². The highest BCUT2D eigenvalue weighted by atomic mass is 79.9. The highest BCUT2D eigenvalue weighted by molar-refractivity contribution is 9.10. The molecule has 0 bridgehead atoms. The van der Waals surface area contributed by atoms with E-state index in [2.05, 4.69) is 27.5 Å². The molecule has 2 rings (SSSR count). The van der Waals surface area contributed by atoms with Crippen LogP contribution in [-0.4, -0.2) is 12.2 Å². The van der Waals surface area contributed by atoms with Crippen molar-refractivity contribution in [3.05, 3.63) is 69.7 Å². The number of halogens is 1. The van der Waals surface area contributed by atoms with E-state index in [0.717, 1.165) is 15.8 Å². The molecule has 1 atom stereocenters. The van der Waals surface area contributed by atoms with Crippen molar-refractivity contribution < 1.29 is 4.79 Å². The third-order valence-electron chi connectivity index (χ3n) is 3.25. The third-order valence-corrected chi connectivity index (χ3v) is 4.59. The van der Waals surface area contributed by atoms with Crippen LogP contribution in [-0.2, 0) is 5.75 Å². The number of benzene rings is 2. The van der Waals surface area contributed by atoms with Crippen LogP contribution in [0.4, 0.5) is 0 Å². The lowest BCUT2D eigenvalue weighted by Crippen LogP contribution is -2.26. The van der Waals surface area contributed by atoms with E-state index in [4.69, 9.17) is 0 Å². The van der Waals surface area contributed by atoms with Gasteiger partial charge in [0, 0.05) is 15.8 Å². The van der Waals surface area contributed by atoms with E-state index < -0.39 is 0 Å². The molecule has 0 saturated carbocycles. The SMILES string of the molecule is CSCc1ccc(C(=O)N[C@H](C)c2ccccc2Br)cc1. The zero-order valence-corrected chi connectivity index (χ0v) is 14.5. The zero-order valence-electron chi connectivity index (χ0n) is 12.1. The summed E-state index contributed by atoms with van der Waals surface area (Å²) in [5, 5.41) is 3.03. The summed E-state index contributed by atoms with van der Waals surface area (Å²) < 4.78 is 1.01. The Labute approximate surface area is 138 Å². The van der Waals surface area contributed by atoms with Crippen LogP contribution >= 0.6 is 27.7 Å². The fraction of sp³-hybridized carbons (Fsp3) is 0.235. The van der Waals surface area contributed by atoms with Crippen LogP contribution in [0.15, 0.2) is 53.0 Å². The first-order valence-electron chi connectivity index (χ1n) is 6.75. The second kappa shape index (κ2) is 7.66. The molecule has 1 N–H and O–H groups in total. The predicted octanol–water partition coefficient (Wildman–Crippen LogP) is 4.80. The highest BCUT2D eigenvalue weighted by Gasteiger charge is 2.13. The normalized spacial score (nSPS) is 12.0. The Bertz CT molecular complexity index is 612. The molecule has 0 aliphatic carbocycles. The standard InChI is InChI=1S/C17H18BrNOS/c1-12(15-5-3-4-6-16(15)18)19-17(20)14-9-7-13(8-10-14)11-21-2/h3-10,12H,11H2,1-2H3,(H,19,20)/t12-/m1/s1. The van der Waals surface area contributed by atoms with Crippen LogP contribution in [0.2, 0.25) is 0 Å². The van der Waals surface area contributed by atoms with Crippen molar-refractivity contribution in [3.63, 3.8) is 0 Å². The van der Waals surface area contributed by atoms with Gasteiger partial charge in [-0.2, -0.15) is 11.8 Å². The van der Waals surface area contributed by atoms with Gasteiger partial charge in [-0.05, 0) is 42.5 Å². The Morgan fingerprint density at radius 3 is 2.48 bits per heavy atom. The van der Waals surface area contributed by atoms with Crippen molar-refractivity contribution in [1.82, 2.24) is 5.32 Å². The molecule has 0 unspecified atom stereocenters. The van der Waals surface area contributed by atoms with Crippen LogP contribution < -0.4 is 5.32 Å². The van der Waals surface area contributed by atoms with Crippen molar-refractivity contribution in [3.8, 4) is 0 Å². The van der Waals surface area contributed by atoms with Crippen molar-refractivity contribution in [2.45, 2.75) is 18.7 Å². The van der Waals surface area contributed by atoms with Gasteiger partial charge >= 0.3 is 0 Å². The monoisotopic (exact) mass is 363 g/mol. The molecule has 2 aromatic carbocycles. The Balaban J connectivity index is 2.05.